The molecule has 2 aromatic heterocycles. The number of carbonyl (C=O) groups is 2. The molecule has 2 heterocycles. The van der Waals surface area contributed by atoms with Gasteiger partial charge < -0.3 is 10.1 Å². The fourth-order valence-corrected chi connectivity index (χ4v) is 4.35. The third-order valence-corrected chi connectivity index (χ3v) is 5.84. The Morgan fingerprint density at radius 1 is 1.21 bits per heavy atom. The lowest BCUT2D eigenvalue weighted by Crippen LogP contribution is -2.28. The van der Waals surface area contributed by atoms with Crippen molar-refractivity contribution in [3.63, 3.8) is 0 Å². The number of nitro groups is 1. The minimum Gasteiger partial charge on any atom is -0.462 e. The summed E-state index contributed by atoms with van der Waals surface area (Å²) >= 11 is 1.17. The Labute approximate surface area is 196 Å². The third kappa shape index (κ3) is 4.55. The van der Waals surface area contributed by atoms with Crippen molar-refractivity contribution in [1.82, 2.24) is 9.55 Å². The van der Waals surface area contributed by atoms with Crippen LogP contribution in [-0.2, 0) is 16.1 Å². The molecule has 0 aliphatic heterocycles. The topological polar surface area (TPSA) is 133 Å². The SMILES string of the molecule is CCOC(=O)c1c(-c2ccccc2)csc1NC(=O)Cn1cnc2ccc([N+](=O)[O-])cc2c1=O. The summed E-state index contributed by atoms with van der Waals surface area (Å²) in [7, 11) is 0. The van der Waals surface area contributed by atoms with Gasteiger partial charge in [0.25, 0.3) is 11.2 Å². The molecule has 0 fully saturated rings. The number of hydrogen-bond donors (Lipinski definition) is 1. The van der Waals surface area contributed by atoms with E-state index in [1.807, 2.05) is 30.3 Å². The number of carbonyl (C=O) groups excluding carboxylic acids is 2. The van der Waals surface area contributed by atoms with Gasteiger partial charge in [0, 0.05) is 23.1 Å². The fourth-order valence-electron chi connectivity index (χ4n) is 3.38. The molecule has 0 atom stereocenters. The van der Waals surface area contributed by atoms with E-state index >= 15 is 0 Å². The van der Waals surface area contributed by atoms with E-state index in [2.05, 4.69) is 10.3 Å². The van der Waals surface area contributed by atoms with E-state index < -0.39 is 28.9 Å². The van der Waals surface area contributed by atoms with Gasteiger partial charge in [-0.2, -0.15) is 0 Å². The quantitative estimate of drug-likeness (QED) is 0.242. The van der Waals surface area contributed by atoms with Gasteiger partial charge >= 0.3 is 5.97 Å². The van der Waals surface area contributed by atoms with Crippen molar-refractivity contribution in [2.45, 2.75) is 13.5 Å². The van der Waals surface area contributed by atoms with Gasteiger partial charge in [-0.1, -0.05) is 30.3 Å². The van der Waals surface area contributed by atoms with Gasteiger partial charge in [-0.3, -0.25) is 24.3 Å². The maximum atomic E-state index is 12.8. The average molecular weight is 478 g/mol. The van der Waals surface area contributed by atoms with E-state index in [1.54, 1.807) is 12.3 Å². The van der Waals surface area contributed by atoms with Crippen molar-refractivity contribution < 1.29 is 19.2 Å². The molecule has 34 heavy (non-hydrogen) atoms. The van der Waals surface area contributed by atoms with E-state index in [0.29, 0.717) is 10.6 Å². The molecular formula is C23H18N4O6S. The Balaban J connectivity index is 1.63. The van der Waals surface area contributed by atoms with Crippen molar-refractivity contribution in [2.75, 3.05) is 11.9 Å². The molecule has 0 saturated heterocycles. The molecule has 11 heteroatoms. The first-order valence-corrected chi connectivity index (χ1v) is 11.0. The monoisotopic (exact) mass is 478 g/mol. The number of benzene rings is 2. The smallest absolute Gasteiger partial charge is 0.341 e. The zero-order chi connectivity index (χ0) is 24.2. The lowest BCUT2D eigenvalue weighted by molar-refractivity contribution is -0.384. The number of hydrogen-bond acceptors (Lipinski definition) is 8. The minimum absolute atomic E-state index is 0.0270. The number of rotatable bonds is 7. The average Bonchev–Trinajstić information content (AvgIpc) is 3.25. The number of esters is 1. The summed E-state index contributed by atoms with van der Waals surface area (Å²) in [5.74, 6) is -1.14. The minimum atomic E-state index is -0.610. The van der Waals surface area contributed by atoms with Crippen molar-refractivity contribution in [3.05, 3.63) is 86.3 Å². The Kier molecular flexibility index (Phi) is 6.46. The molecule has 0 aliphatic carbocycles. The first-order chi connectivity index (χ1) is 16.4. The number of nitrogens with zero attached hydrogens (tertiary/aromatic N) is 3. The molecule has 4 aromatic rings. The number of non-ortho nitro benzene ring substituents is 1. The van der Waals surface area contributed by atoms with Crippen molar-refractivity contribution in [1.29, 1.82) is 0 Å². The van der Waals surface area contributed by atoms with Crippen LogP contribution in [0.25, 0.3) is 22.0 Å². The summed E-state index contributed by atoms with van der Waals surface area (Å²) in [5.41, 5.74) is 1.08. The Morgan fingerprint density at radius 2 is 1.97 bits per heavy atom. The highest BCUT2D eigenvalue weighted by atomic mass is 32.1. The largest absolute Gasteiger partial charge is 0.462 e. The predicted octanol–water partition coefficient (Wildman–Crippen LogP) is 3.85. The fraction of sp³-hybridized carbons (Fsp3) is 0.130. The van der Waals surface area contributed by atoms with Crippen LogP contribution >= 0.6 is 11.3 Å². The van der Waals surface area contributed by atoms with Crippen LogP contribution in [0.3, 0.4) is 0 Å². The summed E-state index contributed by atoms with van der Waals surface area (Å²) in [6.07, 6.45) is 1.20. The van der Waals surface area contributed by atoms with E-state index in [1.165, 1.54) is 29.8 Å². The highest BCUT2D eigenvalue weighted by Gasteiger charge is 2.23. The number of nitrogens with one attached hydrogen (secondary N) is 1. The van der Waals surface area contributed by atoms with Crippen LogP contribution in [0.15, 0.2) is 65.0 Å². The van der Waals surface area contributed by atoms with E-state index in [4.69, 9.17) is 4.74 Å². The maximum Gasteiger partial charge on any atom is 0.341 e. The van der Waals surface area contributed by atoms with Crippen LogP contribution in [0.4, 0.5) is 10.7 Å². The molecule has 0 aliphatic rings. The van der Waals surface area contributed by atoms with Crippen molar-refractivity contribution >= 4 is 44.8 Å². The lowest BCUT2D eigenvalue weighted by atomic mass is 10.0. The molecule has 0 radical (unpaired) electrons. The van der Waals surface area contributed by atoms with Gasteiger partial charge in [-0.05, 0) is 18.6 Å². The zero-order valence-electron chi connectivity index (χ0n) is 17.9. The maximum absolute atomic E-state index is 12.8. The van der Waals surface area contributed by atoms with Crippen molar-refractivity contribution in [3.8, 4) is 11.1 Å². The summed E-state index contributed by atoms with van der Waals surface area (Å²) in [4.78, 5) is 52.8. The third-order valence-electron chi connectivity index (χ3n) is 4.94. The van der Waals surface area contributed by atoms with Crippen LogP contribution in [-0.4, -0.2) is 33.0 Å². The van der Waals surface area contributed by atoms with Gasteiger partial charge in [-0.15, -0.1) is 11.3 Å². The summed E-state index contributed by atoms with van der Waals surface area (Å²) in [6.45, 7) is 1.46. The molecule has 1 N–H and O–H groups in total. The van der Waals surface area contributed by atoms with E-state index in [0.717, 1.165) is 16.2 Å². The molecular weight excluding hydrogens is 460 g/mol. The second-order valence-electron chi connectivity index (χ2n) is 7.12. The number of ether oxygens (including phenoxy) is 1. The summed E-state index contributed by atoms with van der Waals surface area (Å²) in [6, 6.07) is 13.0. The number of amides is 1. The molecule has 0 bridgehead atoms. The Bertz CT molecular complexity index is 1460. The van der Waals surface area contributed by atoms with Crippen LogP contribution in [0, 0.1) is 10.1 Å². The lowest BCUT2D eigenvalue weighted by Gasteiger charge is -2.10. The molecule has 0 spiro atoms. The van der Waals surface area contributed by atoms with Gasteiger partial charge in [-0.25, -0.2) is 9.78 Å². The van der Waals surface area contributed by atoms with Crippen LogP contribution in [0.5, 0.6) is 0 Å². The van der Waals surface area contributed by atoms with E-state index in [-0.39, 0.29) is 28.8 Å². The van der Waals surface area contributed by atoms with E-state index in [9.17, 15) is 24.5 Å². The van der Waals surface area contributed by atoms with Gasteiger partial charge in [0.2, 0.25) is 5.91 Å². The second kappa shape index (κ2) is 9.63. The highest BCUT2D eigenvalue weighted by molar-refractivity contribution is 7.15. The Hall–Kier alpha value is -4.38. The van der Waals surface area contributed by atoms with Gasteiger partial charge in [0.1, 0.15) is 17.1 Å². The normalized spacial score (nSPS) is 10.7. The van der Waals surface area contributed by atoms with Gasteiger partial charge in [0.15, 0.2) is 0 Å². The number of anilines is 1. The standard InChI is InChI=1S/C23H18N4O6S/c1-2-33-23(30)20-17(14-6-4-3-5-7-14)12-34-21(20)25-19(28)11-26-13-24-18-9-8-15(27(31)32)10-16(18)22(26)29/h3-10,12-13H,2,11H2,1H3,(H,25,28). The number of thiophene rings is 1. The molecule has 10 nitrogen and oxygen atoms in total. The number of nitro benzene ring substituents is 1. The molecule has 0 saturated carbocycles. The van der Waals surface area contributed by atoms with Gasteiger partial charge in [0.05, 0.1) is 28.8 Å². The van der Waals surface area contributed by atoms with Crippen molar-refractivity contribution in [2.24, 2.45) is 0 Å². The molecule has 4 rings (SSSR count). The van der Waals surface area contributed by atoms with Crippen LogP contribution in [0.2, 0.25) is 0 Å². The molecule has 1 amide bonds. The number of fused-ring (bicyclic) bond motifs is 1. The first kappa shape index (κ1) is 22.8. The Morgan fingerprint density at radius 3 is 2.68 bits per heavy atom. The highest BCUT2D eigenvalue weighted by Crippen LogP contribution is 2.36. The first-order valence-electron chi connectivity index (χ1n) is 10.2. The second-order valence-corrected chi connectivity index (χ2v) is 8.00. The van der Waals surface area contributed by atoms with Crippen LogP contribution in [0.1, 0.15) is 17.3 Å². The number of aromatic nitrogens is 2. The summed E-state index contributed by atoms with van der Waals surface area (Å²) < 4.78 is 6.24. The molecule has 0 unspecified atom stereocenters. The molecule has 2 aromatic carbocycles. The predicted molar refractivity (Wildman–Crippen MR) is 127 cm³/mol. The van der Waals surface area contributed by atoms with Crippen LogP contribution < -0.4 is 10.9 Å². The molecule has 172 valence electrons. The zero-order valence-corrected chi connectivity index (χ0v) is 18.7. The summed E-state index contributed by atoms with van der Waals surface area (Å²) in [5, 5.41) is 15.8.